The Kier molecular flexibility index (Phi) is 6.77. The Morgan fingerprint density at radius 3 is 2.41 bits per heavy atom. The average Bonchev–Trinajstić information content (AvgIpc) is 2.60. The predicted octanol–water partition coefficient (Wildman–Crippen LogP) is 2.43. The molecule has 0 radical (unpaired) electrons. The van der Waals surface area contributed by atoms with Gasteiger partial charge in [0.2, 0.25) is 0 Å². The second-order valence-corrected chi connectivity index (χ2v) is 8.56. The summed E-state index contributed by atoms with van der Waals surface area (Å²) in [4.78, 5) is 32.8. The molecule has 2 aromatic carbocycles. The molecule has 10 nitrogen and oxygen atoms in total. The minimum atomic E-state index is -3.94. The van der Waals surface area contributed by atoms with Crippen LogP contribution >= 0.6 is 11.6 Å². The van der Waals surface area contributed by atoms with Crippen molar-refractivity contribution >= 4 is 44.8 Å². The van der Waals surface area contributed by atoms with Crippen molar-refractivity contribution in [3.8, 4) is 0 Å². The van der Waals surface area contributed by atoms with Crippen LogP contribution in [-0.2, 0) is 20.4 Å². The lowest BCUT2D eigenvalue weighted by atomic mass is 10.1. The maximum absolute atomic E-state index is 12.4. The smallest absolute Gasteiger partial charge is 0.335 e. The number of nitrogens with zero attached hydrogens (tertiary/aromatic N) is 1. The van der Waals surface area contributed by atoms with Gasteiger partial charge in [0.1, 0.15) is 11.7 Å². The Hall–Kier alpha value is -3.18. The second-order valence-electron chi connectivity index (χ2n) is 6.01. The van der Waals surface area contributed by atoms with Crippen molar-refractivity contribution in [2.45, 2.75) is 11.8 Å². The molecule has 154 valence electrons. The molecule has 0 aliphatic carbocycles. The fraction of sp³-hybridized carbons (Fsp3) is 0.176. The molecule has 0 saturated carbocycles. The number of hydrogen-bond donors (Lipinski definition) is 3. The third kappa shape index (κ3) is 6.16. The van der Waals surface area contributed by atoms with Crippen LogP contribution in [-0.4, -0.2) is 47.3 Å². The summed E-state index contributed by atoms with van der Waals surface area (Å²) in [6.07, 6.45) is 0. The van der Waals surface area contributed by atoms with Crippen molar-refractivity contribution in [2.75, 3.05) is 11.1 Å². The van der Waals surface area contributed by atoms with E-state index in [9.17, 15) is 33.2 Å². The van der Waals surface area contributed by atoms with E-state index in [4.69, 9.17) is 16.7 Å². The first-order chi connectivity index (χ1) is 13.5. The van der Waals surface area contributed by atoms with Crippen molar-refractivity contribution in [3.63, 3.8) is 0 Å². The topological polar surface area (TPSA) is 164 Å². The number of carboxylic acids is 2. The number of nitro groups is 1. The van der Waals surface area contributed by atoms with E-state index in [0.717, 1.165) is 18.2 Å². The van der Waals surface area contributed by atoms with Gasteiger partial charge in [0.05, 0.1) is 22.0 Å². The molecule has 0 bridgehead atoms. The van der Waals surface area contributed by atoms with Gasteiger partial charge in [0, 0.05) is 11.1 Å². The zero-order chi connectivity index (χ0) is 21.8. The van der Waals surface area contributed by atoms with Gasteiger partial charge in [-0.05, 0) is 29.8 Å². The lowest BCUT2D eigenvalue weighted by molar-refractivity contribution is -0.384. The second kappa shape index (κ2) is 8.88. The van der Waals surface area contributed by atoms with Crippen LogP contribution in [0.1, 0.15) is 15.9 Å². The highest BCUT2D eigenvalue weighted by Crippen LogP contribution is 2.27. The van der Waals surface area contributed by atoms with Crippen molar-refractivity contribution < 1.29 is 33.1 Å². The first-order valence-electron chi connectivity index (χ1n) is 7.94. The Morgan fingerprint density at radius 1 is 1.17 bits per heavy atom. The van der Waals surface area contributed by atoms with E-state index in [1.54, 1.807) is 12.1 Å². The highest BCUT2D eigenvalue weighted by atomic mass is 35.5. The molecule has 0 amide bonds. The lowest BCUT2D eigenvalue weighted by Gasteiger charge is -2.16. The number of nitro benzene ring substituents is 1. The van der Waals surface area contributed by atoms with Crippen molar-refractivity contribution in [3.05, 3.63) is 68.7 Å². The molecule has 0 aliphatic rings. The molecule has 0 aliphatic heterocycles. The number of halogens is 1. The number of sulfone groups is 1. The van der Waals surface area contributed by atoms with Crippen molar-refractivity contribution in [1.82, 2.24) is 0 Å². The number of nitrogens with one attached hydrogen (secondary N) is 1. The third-order valence-electron chi connectivity index (χ3n) is 3.77. The molecule has 0 fully saturated rings. The first-order valence-corrected chi connectivity index (χ1v) is 10.1. The molecule has 2 aromatic rings. The Labute approximate surface area is 169 Å². The van der Waals surface area contributed by atoms with E-state index in [1.165, 1.54) is 12.1 Å². The molecule has 12 heteroatoms. The first kappa shape index (κ1) is 22.1. The van der Waals surface area contributed by atoms with E-state index in [2.05, 4.69) is 5.32 Å². The molecule has 29 heavy (non-hydrogen) atoms. The molecule has 0 heterocycles. The summed E-state index contributed by atoms with van der Waals surface area (Å²) in [5.41, 5.74) is -1.02. The number of aliphatic carboxylic acids is 1. The third-order valence-corrected chi connectivity index (χ3v) is 5.61. The predicted molar refractivity (Wildman–Crippen MR) is 104 cm³/mol. The van der Waals surface area contributed by atoms with Crippen LogP contribution in [0.2, 0.25) is 5.02 Å². The summed E-state index contributed by atoms with van der Waals surface area (Å²) in [7, 11) is -3.94. The maximum Gasteiger partial charge on any atom is 0.335 e. The van der Waals surface area contributed by atoms with E-state index in [-0.39, 0.29) is 11.3 Å². The van der Waals surface area contributed by atoms with Gasteiger partial charge in [-0.2, -0.15) is 0 Å². The largest absolute Gasteiger partial charge is 0.480 e. The van der Waals surface area contributed by atoms with E-state index in [0.29, 0.717) is 10.6 Å². The lowest BCUT2D eigenvalue weighted by Crippen LogP contribution is -2.37. The molecule has 0 saturated heterocycles. The van der Waals surface area contributed by atoms with Gasteiger partial charge in [0.25, 0.3) is 5.69 Å². The quantitative estimate of drug-likeness (QED) is 0.390. The highest BCUT2D eigenvalue weighted by molar-refractivity contribution is 7.90. The van der Waals surface area contributed by atoms with Crippen LogP contribution in [0.25, 0.3) is 0 Å². The number of anilines is 1. The Bertz CT molecular complexity index is 1070. The fourth-order valence-electron chi connectivity index (χ4n) is 2.49. The molecule has 0 aromatic heterocycles. The number of carbonyl (C=O) groups is 2. The van der Waals surface area contributed by atoms with Crippen LogP contribution in [0.5, 0.6) is 0 Å². The number of benzene rings is 2. The number of rotatable bonds is 9. The molecule has 0 spiro atoms. The summed E-state index contributed by atoms with van der Waals surface area (Å²) >= 11 is 5.81. The summed E-state index contributed by atoms with van der Waals surface area (Å²) < 4.78 is 24.8. The van der Waals surface area contributed by atoms with Crippen LogP contribution in [0.4, 0.5) is 11.4 Å². The van der Waals surface area contributed by atoms with Crippen LogP contribution in [0.15, 0.2) is 42.5 Å². The van der Waals surface area contributed by atoms with Gasteiger partial charge in [-0.15, -0.1) is 0 Å². The number of aromatic carboxylic acids is 1. The summed E-state index contributed by atoms with van der Waals surface area (Å²) in [6, 6.07) is 7.16. The zero-order valence-electron chi connectivity index (χ0n) is 14.6. The van der Waals surface area contributed by atoms with Crippen LogP contribution < -0.4 is 5.32 Å². The monoisotopic (exact) mass is 442 g/mol. The van der Waals surface area contributed by atoms with Crippen molar-refractivity contribution in [2.24, 2.45) is 0 Å². The molecule has 2 rings (SSSR count). The maximum atomic E-state index is 12.4. The Balaban J connectivity index is 2.27. The minimum Gasteiger partial charge on any atom is -0.480 e. The molecule has 0 unspecified atom stereocenters. The Morgan fingerprint density at radius 2 is 1.86 bits per heavy atom. The summed E-state index contributed by atoms with van der Waals surface area (Å²) in [5, 5.41) is 32.1. The summed E-state index contributed by atoms with van der Waals surface area (Å²) in [6.45, 7) is 0. The van der Waals surface area contributed by atoms with Gasteiger partial charge >= 0.3 is 11.9 Å². The fourth-order valence-corrected chi connectivity index (χ4v) is 4.25. The van der Waals surface area contributed by atoms with Gasteiger partial charge in [-0.25, -0.2) is 18.0 Å². The van der Waals surface area contributed by atoms with E-state index >= 15 is 0 Å². The molecular formula is C17H15ClN2O8S. The minimum absolute atomic E-state index is 0.314. The van der Waals surface area contributed by atoms with E-state index in [1.807, 2.05) is 0 Å². The van der Waals surface area contributed by atoms with Gasteiger partial charge < -0.3 is 15.5 Å². The van der Waals surface area contributed by atoms with Crippen molar-refractivity contribution in [1.29, 1.82) is 0 Å². The standard InChI is InChI=1S/C17H15ClN2O8S/c18-12-3-1-2-10(6-12)8-29(27,28)9-14(17(23)24)19-13-5-4-11(16(21)22)7-15(13)20(25)26/h1-7,14,19H,8-9H2,(H,21,22)(H,23,24)/t14-/m0/s1. The normalized spacial score (nSPS) is 12.2. The number of hydrogen-bond acceptors (Lipinski definition) is 7. The molecule has 3 N–H and O–H groups in total. The van der Waals surface area contributed by atoms with Gasteiger partial charge in [0.15, 0.2) is 9.84 Å². The number of carboxylic acid groups (broad SMARTS) is 2. The van der Waals surface area contributed by atoms with E-state index < -0.39 is 49.9 Å². The van der Waals surface area contributed by atoms with Crippen LogP contribution in [0, 0.1) is 10.1 Å². The van der Waals surface area contributed by atoms with Gasteiger partial charge in [-0.1, -0.05) is 23.7 Å². The molecular weight excluding hydrogens is 428 g/mol. The average molecular weight is 443 g/mol. The highest BCUT2D eigenvalue weighted by Gasteiger charge is 2.28. The SMILES string of the molecule is O=C(O)c1ccc(N[C@@H](CS(=O)(=O)Cc2cccc(Cl)c2)C(=O)O)c([N+](=O)[O-])c1. The summed E-state index contributed by atoms with van der Waals surface area (Å²) in [5.74, 6) is -4.28. The van der Waals surface area contributed by atoms with Gasteiger partial charge in [-0.3, -0.25) is 10.1 Å². The zero-order valence-corrected chi connectivity index (χ0v) is 16.2. The molecule has 1 atom stereocenters. The van der Waals surface area contributed by atoms with Crippen LogP contribution in [0.3, 0.4) is 0 Å².